The van der Waals surface area contributed by atoms with Gasteiger partial charge < -0.3 is 4.42 Å². The Balaban J connectivity index is 0.744. The molecule has 0 unspecified atom stereocenters. The van der Waals surface area contributed by atoms with Crippen LogP contribution in [-0.4, -0.2) is 0 Å². The Morgan fingerprint density at radius 3 is 1.33 bits per heavy atom. The van der Waals surface area contributed by atoms with Crippen molar-refractivity contribution in [2.75, 3.05) is 0 Å². The molecule has 16 aromatic carbocycles. The van der Waals surface area contributed by atoms with Crippen molar-refractivity contribution in [3.05, 3.63) is 279 Å². The van der Waals surface area contributed by atoms with E-state index >= 15 is 0 Å². The highest BCUT2D eigenvalue weighted by Crippen LogP contribution is 2.45. The van der Waals surface area contributed by atoms with Crippen LogP contribution in [0.25, 0.3) is 175 Å². The molecule has 0 aliphatic carbocycles. The highest BCUT2D eigenvalue weighted by Gasteiger charge is 2.18. The van der Waals surface area contributed by atoms with Gasteiger partial charge in [-0.3, -0.25) is 0 Å². The standard InChI is InChI=1S/C78H46O/c1-2-14-62-49(11-1)29-30-51-31-35-59-45-72(64-16-4-6-19-69(64)77(59)75(51)62)57-34-26-48-25-33-54(42-60(48)43-57)53-12-9-13-56(41-53)61-20-10-21-70-65(61)39-37-52-32-36-58-44-71(63-15-3-5-18-68(63)78(58)76(52)70)50-27-23-47(24-28-50)55-38-40-67-66-17-7-8-22-73(66)79-74(67)46-55/h1-46H. The predicted molar refractivity (Wildman–Crippen MR) is 338 cm³/mol. The normalized spacial score (nSPS) is 12.1. The summed E-state index contributed by atoms with van der Waals surface area (Å²) in [6.45, 7) is 0. The zero-order valence-corrected chi connectivity index (χ0v) is 43.0. The molecule has 0 aliphatic rings. The molecule has 0 N–H and O–H groups in total. The van der Waals surface area contributed by atoms with Crippen LogP contribution in [0.4, 0.5) is 0 Å². The van der Waals surface area contributed by atoms with Gasteiger partial charge in [0.05, 0.1) is 0 Å². The highest BCUT2D eigenvalue weighted by atomic mass is 16.3. The maximum absolute atomic E-state index is 6.26. The molecule has 17 aromatic rings. The van der Waals surface area contributed by atoms with Crippen molar-refractivity contribution < 1.29 is 4.42 Å². The van der Waals surface area contributed by atoms with Gasteiger partial charge >= 0.3 is 0 Å². The molecule has 17 rings (SSSR count). The van der Waals surface area contributed by atoms with Crippen LogP contribution in [0.1, 0.15) is 0 Å². The smallest absolute Gasteiger partial charge is 0.136 e. The summed E-state index contributed by atoms with van der Waals surface area (Å²) in [4.78, 5) is 0. The second-order valence-corrected chi connectivity index (χ2v) is 21.5. The Morgan fingerprint density at radius 1 is 0.165 bits per heavy atom. The number of hydrogen-bond acceptors (Lipinski definition) is 1. The lowest BCUT2D eigenvalue weighted by molar-refractivity contribution is 0.669. The van der Waals surface area contributed by atoms with Crippen LogP contribution in [0.5, 0.6) is 0 Å². The molecule has 0 amide bonds. The molecule has 0 radical (unpaired) electrons. The molecule has 0 saturated heterocycles. The van der Waals surface area contributed by atoms with E-state index in [9.17, 15) is 0 Å². The minimum Gasteiger partial charge on any atom is -0.456 e. The SMILES string of the molecule is c1cc(-c2ccc3ccc(-c4cc5ccc6ccc7ccccc7c6c5c5ccccc45)cc3c2)cc(-c2cccc3c2ccc2ccc4cc(-c5ccc(-c6ccc7c(c6)oc6ccccc67)cc5)c5ccccc5c4c23)c1. The van der Waals surface area contributed by atoms with E-state index in [1.807, 2.05) is 12.1 Å². The minimum atomic E-state index is 0.912. The van der Waals surface area contributed by atoms with Crippen molar-refractivity contribution in [2.24, 2.45) is 0 Å². The van der Waals surface area contributed by atoms with Gasteiger partial charge in [0.25, 0.3) is 0 Å². The van der Waals surface area contributed by atoms with Gasteiger partial charge in [-0.25, -0.2) is 0 Å². The summed E-state index contributed by atoms with van der Waals surface area (Å²) >= 11 is 0. The fourth-order valence-electron chi connectivity index (χ4n) is 13.4. The van der Waals surface area contributed by atoms with Crippen LogP contribution in [0.3, 0.4) is 0 Å². The van der Waals surface area contributed by atoms with Gasteiger partial charge in [0.1, 0.15) is 11.2 Å². The zero-order chi connectivity index (χ0) is 51.7. The number of hydrogen-bond donors (Lipinski definition) is 0. The Kier molecular flexibility index (Phi) is 9.48. The van der Waals surface area contributed by atoms with E-state index < -0.39 is 0 Å². The number of furan rings is 1. The lowest BCUT2D eigenvalue weighted by Gasteiger charge is -2.16. The topological polar surface area (TPSA) is 13.1 Å². The molecule has 0 aliphatic heterocycles. The summed E-state index contributed by atoms with van der Waals surface area (Å²) in [7, 11) is 0. The van der Waals surface area contributed by atoms with Gasteiger partial charge in [0.15, 0.2) is 0 Å². The van der Waals surface area contributed by atoms with Crippen molar-refractivity contribution in [1.82, 2.24) is 0 Å². The van der Waals surface area contributed by atoms with Crippen LogP contribution in [0.15, 0.2) is 283 Å². The van der Waals surface area contributed by atoms with Crippen molar-refractivity contribution in [3.63, 3.8) is 0 Å². The van der Waals surface area contributed by atoms with Crippen LogP contribution < -0.4 is 0 Å². The summed E-state index contributed by atoms with van der Waals surface area (Å²) in [5.74, 6) is 0. The molecule has 1 heterocycles. The Morgan fingerprint density at radius 2 is 0.582 bits per heavy atom. The predicted octanol–water partition coefficient (Wildman–Crippen LogP) is 22.3. The molecule has 0 spiro atoms. The fourth-order valence-corrected chi connectivity index (χ4v) is 13.4. The summed E-state index contributed by atoms with van der Waals surface area (Å²) in [5.41, 5.74) is 13.9. The van der Waals surface area contributed by atoms with Gasteiger partial charge in [-0.2, -0.15) is 0 Å². The van der Waals surface area contributed by atoms with Gasteiger partial charge in [-0.05, 0) is 201 Å². The van der Waals surface area contributed by atoms with E-state index in [1.54, 1.807) is 0 Å². The first-order chi connectivity index (χ1) is 39.1. The van der Waals surface area contributed by atoms with Crippen molar-refractivity contribution in [1.29, 1.82) is 0 Å². The molecule has 1 aromatic heterocycles. The number of fused-ring (bicyclic) bond motifs is 18. The Bertz CT molecular complexity index is 5430. The van der Waals surface area contributed by atoms with E-state index in [1.165, 1.54) is 141 Å². The molecule has 0 atom stereocenters. The lowest BCUT2D eigenvalue weighted by Crippen LogP contribution is -1.89. The Labute approximate surface area is 455 Å². The number of rotatable bonds is 5. The molecule has 0 fully saturated rings. The molecule has 79 heavy (non-hydrogen) atoms. The molecule has 1 nitrogen and oxygen atoms in total. The van der Waals surface area contributed by atoms with Crippen LogP contribution in [0, 0.1) is 0 Å². The second-order valence-electron chi connectivity index (χ2n) is 21.5. The van der Waals surface area contributed by atoms with E-state index in [2.05, 4.69) is 267 Å². The maximum Gasteiger partial charge on any atom is 0.136 e. The monoisotopic (exact) mass is 998 g/mol. The van der Waals surface area contributed by atoms with Gasteiger partial charge in [0.2, 0.25) is 0 Å². The largest absolute Gasteiger partial charge is 0.456 e. The second kappa shape index (κ2) is 17.1. The van der Waals surface area contributed by atoms with Crippen molar-refractivity contribution in [2.45, 2.75) is 0 Å². The molecular weight excluding hydrogens is 953 g/mol. The summed E-state index contributed by atoms with van der Waals surface area (Å²) < 4.78 is 6.26. The maximum atomic E-state index is 6.26. The third kappa shape index (κ3) is 6.83. The first kappa shape index (κ1) is 43.9. The van der Waals surface area contributed by atoms with E-state index in [0.29, 0.717) is 0 Å². The van der Waals surface area contributed by atoms with Gasteiger partial charge in [0, 0.05) is 10.8 Å². The van der Waals surface area contributed by atoms with E-state index in [-0.39, 0.29) is 0 Å². The third-order valence-corrected chi connectivity index (χ3v) is 17.2. The average molecular weight is 999 g/mol. The van der Waals surface area contributed by atoms with Gasteiger partial charge in [-0.15, -0.1) is 0 Å². The lowest BCUT2D eigenvalue weighted by atomic mass is 9.87. The van der Waals surface area contributed by atoms with Crippen LogP contribution in [0.2, 0.25) is 0 Å². The average Bonchev–Trinajstić information content (AvgIpc) is 4.09. The highest BCUT2D eigenvalue weighted by molar-refractivity contribution is 6.31. The van der Waals surface area contributed by atoms with Gasteiger partial charge in [-0.1, -0.05) is 231 Å². The quantitative estimate of drug-likeness (QED) is 0.157. The van der Waals surface area contributed by atoms with E-state index in [0.717, 1.165) is 33.1 Å². The first-order valence-corrected chi connectivity index (χ1v) is 27.4. The summed E-state index contributed by atoms with van der Waals surface area (Å²) in [6.07, 6.45) is 0. The number of para-hydroxylation sites is 1. The molecule has 0 bridgehead atoms. The summed E-state index contributed by atoms with van der Waals surface area (Å²) in [5, 5.41) is 25.1. The third-order valence-electron chi connectivity index (χ3n) is 17.2. The minimum absolute atomic E-state index is 0.912. The molecule has 1 heteroatoms. The van der Waals surface area contributed by atoms with Crippen molar-refractivity contribution >= 4 is 119 Å². The molecule has 364 valence electrons. The Hall–Kier alpha value is -10.3. The summed E-state index contributed by atoms with van der Waals surface area (Å²) in [6, 6.07) is 104. The van der Waals surface area contributed by atoms with E-state index in [4.69, 9.17) is 4.42 Å². The fraction of sp³-hybridized carbons (Fsp3) is 0. The molecule has 0 saturated carbocycles. The van der Waals surface area contributed by atoms with Crippen molar-refractivity contribution in [3.8, 4) is 55.6 Å². The van der Waals surface area contributed by atoms with Crippen LogP contribution in [-0.2, 0) is 0 Å². The first-order valence-electron chi connectivity index (χ1n) is 27.4. The zero-order valence-electron chi connectivity index (χ0n) is 43.0. The number of benzene rings is 16. The van der Waals surface area contributed by atoms with Crippen LogP contribution >= 0.6 is 0 Å². The molecular formula is C78H46O.